The zero-order valence-corrected chi connectivity index (χ0v) is 15.2. The molecule has 1 aromatic rings. The molecule has 1 saturated heterocycles. The molecule has 3 unspecified atom stereocenters. The van der Waals surface area contributed by atoms with Crippen molar-refractivity contribution in [2.75, 3.05) is 19.7 Å². The van der Waals surface area contributed by atoms with Crippen molar-refractivity contribution in [3.8, 4) is 5.75 Å². The summed E-state index contributed by atoms with van der Waals surface area (Å²) in [6.07, 6.45) is 1.58. The molecule has 1 aliphatic heterocycles. The van der Waals surface area contributed by atoms with Crippen LogP contribution in [-0.2, 0) is 4.79 Å². The number of hydrogen-bond acceptors (Lipinski definition) is 3. The van der Waals surface area contributed by atoms with E-state index < -0.39 is 11.9 Å². The highest BCUT2D eigenvalue weighted by atomic mass is 16.5. The number of carboxylic acids is 1. The maximum atomic E-state index is 12.5. The maximum absolute atomic E-state index is 12.5. The maximum Gasteiger partial charge on any atom is 0.317 e. The zero-order valence-electron chi connectivity index (χ0n) is 15.2. The summed E-state index contributed by atoms with van der Waals surface area (Å²) in [5, 5.41) is 12.2. The highest BCUT2D eigenvalue weighted by molar-refractivity contribution is 5.77. The van der Waals surface area contributed by atoms with Crippen LogP contribution in [0.25, 0.3) is 0 Å². The number of amides is 2. The molecule has 0 radical (unpaired) electrons. The Labute approximate surface area is 149 Å². The number of likely N-dealkylation sites (tertiary alicyclic amines) is 1. The van der Waals surface area contributed by atoms with Crippen LogP contribution >= 0.6 is 0 Å². The molecule has 0 bridgehead atoms. The van der Waals surface area contributed by atoms with Crippen LogP contribution in [0.5, 0.6) is 5.75 Å². The largest absolute Gasteiger partial charge is 0.494 e. The number of carboxylic acid groups (broad SMARTS) is 1. The number of carbonyl (C=O) groups is 2. The van der Waals surface area contributed by atoms with Gasteiger partial charge in [-0.25, -0.2) is 4.79 Å². The Morgan fingerprint density at radius 3 is 2.60 bits per heavy atom. The quantitative estimate of drug-likeness (QED) is 0.827. The summed E-state index contributed by atoms with van der Waals surface area (Å²) in [6.45, 7) is 7.50. The second-order valence-electron chi connectivity index (χ2n) is 6.87. The van der Waals surface area contributed by atoms with Crippen LogP contribution in [0.15, 0.2) is 24.3 Å². The van der Waals surface area contributed by atoms with Crippen molar-refractivity contribution in [1.29, 1.82) is 0 Å². The van der Waals surface area contributed by atoms with Crippen LogP contribution < -0.4 is 10.1 Å². The topological polar surface area (TPSA) is 78.9 Å². The van der Waals surface area contributed by atoms with Gasteiger partial charge in [-0.15, -0.1) is 0 Å². The Balaban J connectivity index is 1.93. The summed E-state index contributed by atoms with van der Waals surface area (Å²) < 4.78 is 5.56. The molecule has 1 fully saturated rings. The van der Waals surface area contributed by atoms with Gasteiger partial charge in [0.25, 0.3) is 0 Å². The standard InChI is InChI=1S/C19H28N2O4/c1-4-9-25-17-7-5-15(6-8-17)14(3)20-19(24)21-11-13(2)10-16(12-21)18(22)23/h5-8,13-14,16H,4,9-12H2,1-3H3,(H,20,24)(H,22,23). The molecule has 25 heavy (non-hydrogen) atoms. The molecule has 1 aromatic carbocycles. The van der Waals surface area contributed by atoms with Crippen LogP contribution in [0.4, 0.5) is 4.79 Å². The fourth-order valence-corrected chi connectivity index (χ4v) is 3.13. The fraction of sp³-hybridized carbons (Fsp3) is 0.579. The molecule has 1 heterocycles. The molecule has 0 aromatic heterocycles. The Morgan fingerprint density at radius 2 is 2.00 bits per heavy atom. The first-order chi connectivity index (χ1) is 11.9. The van der Waals surface area contributed by atoms with Crippen molar-refractivity contribution in [1.82, 2.24) is 10.2 Å². The second-order valence-corrected chi connectivity index (χ2v) is 6.87. The van der Waals surface area contributed by atoms with Crippen LogP contribution in [0.2, 0.25) is 0 Å². The molecule has 2 N–H and O–H groups in total. The van der Waals surface area contributed by atoms with Gasteiger partial charge >= 0.3 is 12.0 Å². The van der Waals surface area contributed by atoms with Crippen molar-refractivity contribution < 1.29 is 19.4 Å². The van der Waals surface area contributed by atoms with Gasteiger partial charge in [0.05, 0.1) is 18.6 Å². The smallest absolute Gasteiger partial charge is 0.317 e. The number of ether oxygens (including phenoxy) is 1. The average Bonchev–Trinajstić information content (AvgIpc) is 2.59. The summed E-state index contributed by atoms with van der Waals surface area (Å²) in [6, 6.07) is 7.31. The van der Waals surface area contributed by atoms with Gasteiger partial charge in [0.2, 0.25) is 0 Å². The monoisotopic (exact) mass is 348 g/mol. The summed E-state index contributed by atoms with van der Waals surface area (Å²) in [5.74, 6) is -0.316. The Hall–Kier alpha value is -2.24. The Morgan fingerprint density at radius 1 is 1.32 bits per heavy atom. The van der Waals surface area contributed by atoms with Gasteiger partial charge in [0.1, 0.15) is 5.75 Å². The second kappa shape index (κ2) is 8.74. The minimum atomic E-state index is -0.833. The third-order valence-electron chi connectivity index (χ3n) is 4.49. The lowest BCUT2D eigenvalue weighted by Crippen LogP contribution is -2.49. The minimum absolute atomic E-state index is 0.159. The van der Waals surface area contributed by atoms with Crippen molar-refractivity contribution >= 4 is 12.0 Å². The number of hydrogen-bond donors (Lipinski definition) is 2. The third kappa shape index (κ3) is 5.37. The van der Waals surface area contributed by atoms with E-state index in [0.717, 1.165) is 17.7 Å². The molecule has 0 saturated carbocycles. The molecule has 3 atom stereocenters. The van der Waals surface area contributed by atoms with Crippen molar-refractivity contribution in [3.63, 3.8) is 0 Å². The third-order valence-corrected chi connectivity index (χ3v) is 4.49. The van der Waals surface area contributed by atoms with Crippen LogP contribution in [0, 0.1) is 11.8 Å². The van der Waals surface area contributed by atoms with Crippen LogP contribution in [0.1, 0.15) is 45.2 Å². The van der Waals surface area contributed by atoms with Gasteiger partial charge in [-0.2, -0.15) is 0 Å². The van der Waals surface area contributed by atoms with E-state index in [1.807, 2.05) is 38.1 Å². The van der Waals surface area contributed by atoms with E-state index in [2.05, 4.69) is 12.2 Å². The molecular formula is C19H28N2O4. The number of aliphatic carboxylic acids is 1. The van der Waals surface area contributed by atoms with E-state index in [9.17, 15) is 14.7 Å². The highest BCUT2D eigenvalue weighted by Gasteiger charge is 2.32. The van der Waals surface area contributed by atoms with Gasteiger partial charge in [-0.1, -0.05) is 26.0 Å². The number of nitrogens with zero attached hydrogens (tertiary/aromatic N) is 1. The lowest BCUT2D eigenvalue weighted by atomic mass is 9.91. The van der Waals surface area contributed by atoms with E-state index >= 15 is 0 Å². The number of nitrogens with one attached hydrogen (secondary N) is 1. The molecule has 1 aliphatic rings. The van der Waals surface area contributed by atoms with E-state index in [1.165, 1.54) is 0 Å². The normalized spacial score (nSPS) is 21.5. The lowest BCUT2D eigenvalue weighted by Gasteiger charge is -2.35. The van der Waals surface area contributed by atoms with E-state index in [4.69, 9.17) is 4.74 Å². The fourth-order valence-electron chi connectivity index (χ4n) is 3.13. The lowest BCUT2D eigenvalue weighted by molar-refractivity contribution is -0.143. The van der Waals surface area contributed by atoms with E-state index in [-0.39, 0.29) is 24.5 Å². The number of benzene rings is 1. The average molecular weight is 348 g/mol. The molecule has 0 aliphatic carbocycles. The van der Waals surface area contributed by atoms with Gasteiger partial charge in [0.15, 0.2) is 0 Å². The predicted octanol–water partition coefficient (Wildman–Crippen LogP) is 3.29. The summed E-state index contributed by atoms with van der Waals surface area (Å²) in [4.78, 5) is 25.4. The van der Waals surface area contributed by atoms with Crippen molar-refractivity contribution in [2.45, 2.75) is 39.7 Å². The zero-order chi connectivity index (χ0) is 18.4. The van der Waals surface area contributed by atoms with Gasteiger partial charge in [-0.05, 0) is 43.4 Å². The number of rotatable bonds is 6. The number of urea groups is 1. The van der Waals surface area contributed by atoms with Gasteiger partial charge in [0, 0.05) is 13.1 Å². The van der Waals surface area contributed by atoms with E-state index in [0.29, 0.717) is 19.6 Å². The first-order valence-corrected chi connectivity index (χ1v) is 8.91. The van der Waals surface area contributed by atoms with Gasteiger partial charge in [-0.3, -0.25) is 4.79 Å². The van der Waals surface area contributed by atoms with Crippen LogP contribution in [-0.4, -0.2) is 41.7 Å². The summed E-state index contributed by atoms with van der Waals surface area (Å²) in [7, 11) is 0. The molecule has 0 spiro atoms. The number of piperidine rings is 1. The molecular weight excluding hydrogens is 320 g/mol. The SMILES string of the molecule is CCCOc1ccc(C(C)NC(=O)N2CC(C)CC(C(=O)O)C2)cc1. The van der Waals surface area contributed by atoms with Crippen molar-refractivity contribution in [2.24, 2.45) is 11.8 Å². The van der Waals surface area contributed by atoms with Crippen LogP contribution in [0.3, 0.4) is 0 Å². The molecule has 2 amide bonds. The summed E-state index contributed by atoms with van der Waals surface area (Å²) >= 11 is 0. The molecule has 6 nitrogen and oxygen atoms in total. The highest BCUT2D eigenvalue weighted by Crippen LogP contribution is 2.23. The van der Waals surface area contributed by atoms with Crippen molar-refractivity contribution in [3.05, 3.63) is 29.8 Å². The van der Waals surface area contributed by atoms with Gasteiger partial charge < -0.3 is 20.1 Å². The molecule has 2 rings (SSSR count). The Bertz CT molecular complexity index is 588. The Kier molecular flexibility index (Phi) is 6.67. The molecule has 138 valence electrons. The van der Waals surface area contributed by atoms with E-state index in [1.54, 1.807) is 4.90 Å². The number of carbonyl (C=O) groups excluding carboxylic acids is 1. The first-order valence-electron chi connectivity index (χ1n) is 8.91. The minimum Gasteiger partial charge on any atom is -0.494 e. The summed E-state index contributed by atoms with van der Waals surface area (Å²) in [5.41, 5.74) is 0.983. The predicted molar refractivity (Wildman–Crippen MR) is 95.7 cm³/mol. The molecule has 6 heteroatoms. The first kappa shape index (κ1) is 19.1.